The highest BCUT2D eigenvalue weighted by molar-refractivity contribution is 5.17. The molecule has 0 amide bonds. The maximum absolute atomic E-state index is 9.17. The van der Waals surface area contributed by atoms with Crippen LogP contribution in [0.1, 0.15) is 44.1 Å². The van der Waals surface area contributed by atoms with Gasteiger partial charge in [0, 0.05) is 11.6 Å². The van der Waals surface area contributed by atoms with Crippen LogP contribution in [-0.2, 0) is 6.61 Å². The minimum absolute atomic E-state index is 0.0151. The SMILES string of the molecule is CC(C)N1CCCC1c1oncc1CO. The van der Waals surface area contributed by atoms with Crippen LogP contribution in [0.3, 0.4) is 0 Å². The van der Waals surface area contributed by atoms with Gasteiger partial charge in [-0.05, 0) is 33.2 Å². The number of rotatable bonds is 3. The molecule has 15 heavy (non-hydrogen) atoms. The zero-order valence-electron chi connectivity index (χ0n) is 9.31. The first-order valence-electron chi connectivity index (χ1n) is 5.54. The largest absolute Gasteiger partial charge is 0.391 e. The predicted molar refractivity (Wildman–Crippen MR) is 56.2 cm³/mol. The van der Waals surface area contributed by atoms with Crippen LogP contribution in [-0.4, -0.2) is 27.7 Å². The fourth-order valence-corrected chi connectivity index (χ4v) is 2.35. The molecule has 4 nitrogen and oxygen atoms in total. The first-order chi connectivity index (χ1) is 7.24. The molecule has 1 aliphatic rings. The highest BCUT2D eigenvalue weighted by atomic mass is 16.5. The molecule has 2 heterocycles. The van der Waals surface area contributed by atoms with Crippen molar-refractivity contribution < 1.29 is 9.63 Å². The van der Waals surface area contributed by atoms with E-state index in [1.165, 1.54) is 6.42 Å². The van der Waals surface area contributed by atoms with Crippen LogP contribution in [0.4, 0.5) is 0 Å². The molecule has 0 bridgehead atoms. The number of aromatic nitrogens is 1. The fourth-order valence-electron chi connectivity index (χ4n) is 2.35. The van der Waals surface area contributed by atoms with Crippen molar-refractivity contribution >= 4 is 0 Å². The lowest BCUT2D eigenvalue weighted by Crippen LogP contribution is -2.30. The van der Waals surface area contributed by atoms with E-state index in [1.807, 2.05) is 0 Å². The molecule has 1 fully saturated rings. The Morgan fingerprint density at radius 2 is 2.47 bits per heavy atom. The van der Waals surface area contributed by atoms with E-state index >= 15 is 0 Å². The monoisotopic (exact) mass is 210 g/mol. The normalized spacial score (nSPS) is 22.8. The topological polar surface area (TPSA) is 49.5 Å². The number of aliphatic hydroxyl groups is 1. The predicted octanol–water partition coefficient (Wildman–Crippen LogP) is 1.71. The smallest absolute Gasteiger partial charge is 0.159 e. The van der Waals surface area contributed by atoms with Crippen LogP contribution in [0, 0.1) is 0 Å². The molecule has 1 N–H and O–H groups in total. The summed E-state index contributed by atoms with van der Waals surface area (Å²) in [6, 6.07) is 0.809. The molecule has 1 atom stereocenters. The molecule has 1 unspecified atom stereocenters. The van der Waals surface area contributed by atoms with Gasteiger partial charge in [0.15, 0.2) is 5.76 Å². The van der Waals surface area contributed by atoms with E-state index in [4.69, 9.17) is 4.52 Å². The zero-order valence-corrected chi connectivity index (χ0v) is 9.31. The summed E-state index contributed by atoms with van der Waals surface area (Å²) in [4.78, 5) is 2.40. The zero-order chi connectivity index (χ0) is 10.8. The van der Waals surface area contributed by atoms with Gasteiger partial charge in [0.25, 0.3) is 0 Å². The summed E-state index contributed by atoms with van der Waals surface area (Å²) in [5.74, 6) is 0.851. The van der Waals surface area contributed by atoms with Gasteiger partial charge < -0.3 is 9.63 Å². The van der Waals surface area contributed by atoms with E-state index in [0.717, 1.165) is 24.3 Å². The standard InChI is InChI=1S/C11H18N2O2/c1-8(2)13-5-3-4-10(13)11-9(7-14)6-12-15-11/h6,8,10,14H,3-5,7H2,1-2H3. The highest BCUT2D eigenvalue weighted by Crippen LogP contribution is 2.35. The quantitative estimate of drug-likeness (QED) is 0.825. The lowest BCUT2D eigenvalue weighted by Gasteiger charge is -2.26. The third-order valence-electron chi connectivity index (χ3n) is 3.11. The molecule has 0 spiro atoms. The van der Waals surface area contributed by atoms with Crippen molar-refractivity contribution in [3.63, 3.8) is 0 Å². The minimum atomic E-state index is 0.0151. The van der Waals surface area contributed by atoms with Crippen molar-refractivity contribution in [1.82, 2.24) is 10.1 Å². The second kappa shape index (κ2) is 4.33. The van der Waals surface area contributed by atoms with Crippen LogP contribution in [0.25, 0.3) is 0 Å². The van der Waals surface area contributed by atoms with Gasteiger partial charge in [0.2, 0.25) is 0 Å². The van der Waals surface area contributed by atoms with E-state index in [1.54, 1.807) is 6.20 Å². The average Bonchev–Trinajstić information content (AvgIpc) is 2.85. The number of likely N-dealkylation sites (tertiary alicyclic amines) is 1. The minimum Gasteiger partial charge on any atom is -0.391 e. The molecule has 1 saturated heterocycles. The van der Waals surface area contributed by atoms with Crippen molar-refractivity contribution in [2.75, 3.05) is 6.54 Å². The van der Waals surface area contributed by atoms with Crippen LogP contribution in [0.15, 0.2) is 10.7 Å². The number of hydrogen-bond acceptors (Lipinski definition) is 4. The third-order valence-corrected chi connectivity index (χ3v) is 3.11. The number of hydrogen-bond donors (Lipinski definition) is 1. The van der Waals surface area contributed by atoms with Gasteiger partial charge in [-0.25, -0.2) is 0 Å². The fraction of sp³-hybridized carbons (Fsp3) is 0.727. The maximum Gasteiger partial charge on any atom is 0.159 e. The van der Waals surface area contributed by atoms with Crippen molar-refractivity contribution in [2.24, 2.45) is 0 Å². The summed E-state index contributed by atoms with van der Waals surface area (Å²) in [7, 11) is 0. The molecule has 2 rings (SSSR count). The Bertz CT molecular complexity index is 322. The molecule has 0 radical (unpaired) electrons. The average molecular weight is 210 g/mol. The molecule has 4 heteroatoms. The Hall–Kier alpha value is -0.870. The van der Waals surface area contributed by atoms with E-state index in [0.29, 0.717) is 12.1 Å². The van der Waals surface area contributed by atoms with Gasteiger partial charge in [0.1, 0.15) is 0 Å². The van der Waals surface area contributed by atoms with E-state index in [2.05, 4.69) is 23.9 Å². The second-order valence-electron chi connectivity index (χ2n) is 4.36. The molecule has 1 aliphatic heterocycles. The first kappa shape index (κ1) is 10.6. The van der Waals surface area contributed by atoms with Gasteiger partial charge in [-0.1, -0.05) is 5.16 Å². The summed E-state index contributed by atoms with van der Waals surface area (Å²) in [5, 5.41) is 12.9. The van der Waals surface area contributed by atoms with Crippen LogP contribution >= 0.6 is 0 Å². The Balaban J connectivity index is 2.22. The van der Waals surface area contributed by atoms with Gasteiger partial charge in [-0.15, -0.1) is 0 Å². The second-order valence-corrected chi connectivity index (χ2v) is 4.36. The molecule has 84 valence electrons. The molecule has 1 aromatic rings. The third kappa shape index (κ3) is 1.92. The van der Waals surface area contributed by atoms with E-state index in [-0.39, 0.29) is 6.61 Å². The molecule has 0 saturated carbocycles. The maximum atomic E-state index is 9.17. The first-order valence-corrected chi connectivity index (χ1v) is 5.54. The van der Waals surface area contributed by atoms with Gasteiger partial charge in [-0.3, -0.25) is 4.90 Å². The highest BCUT2D eigenvalue weighted by Gasteiger charge is 2.32. The Kier molecular flexibility index (Phi) is 3.07. The van der Waals surface area contributed by atoms with Crippen molar-refractivity contribution in [1.29, 1.82) is 0 Å². The summed E-state index contributed by atoms with van der Waals surface area (Å²) >= 11 is 0. The number of aliphatic hydroxyl groups excluding tert-OH is 1. The lowest BCUT2D eigenvalue weighted by molar-refractivity contribution is 0.170. The summed E-state index contributed by atoms with van der Waals surface area (Å²) in [5.41, 5.74) is 0.826. The Morgan fingerprint density at radius 1 is 1.67 bits per heavy atom. The molecule has 0 aromatic carbocycles. The summed E-state index contributed by atoms with van der Waals surface area (Å²) in [6.07, 6.45) is 3.90. The van der Waals surface area contributed by atoms with E-state index < -0.39 is 0 Å². The molecular formula is C11H18N2O2. The number of nitrogens with zero attached hydrogens (tertiary/aromatic N) is 2. The van der Waals surface area contributed by atoms with Crippen molar-refractivity contribution in [2.45, 2.75) is 45.4 Å². The van der Waals surface area contributed by atoms with Crippen LogP contribution in [0.2, 0.25) is 0 Å². The molecule has 1 aromatic heterocycles. The van der Waals surface area contributed by atoms with Gasteiger partial charge in [0.05, 0.1) is 18.8 Å². The Morgan fingerprint density at radius 3 is 3.13 bits per heavy atom. The van der Waals surface area contributed by atoms with Gasteiger partial charge >= 0.3 is 0 Å². The summed E-state index contributed by atoms with van der Waals surface area (Å²) < 4.78 is 5.27. The lowest BCUT2D eigenvalue weighted by atomic mass is 10.1. The van der Waals surface area contributed by atoms with Gasteiger partial charge in [-0.2, -0.15) is 0 Å². The van der Waals surface area contributed by atoms with Crippen molar-refractivity contribution in [3.8, 4) is 0 Å². The van der Waals surface area contributed by atoms with Crippen LogP contribution < -0.4 is 0 Å². The summed E-state index contributed by atoms with van der Waals surface area (Å²) in [6.45, 7) is 5.50. The van der Waals surface area contributed by atoms with Crippen molar-refractivity contribution in [3.05, 3.63) is 17.5 Å². The van der Waals surface area contributed by atoms with E-state index in [9.17, 15) is 5.11 Å². The Labute approximate surface area is 89.9 Å². The molecular weight excluding hydrogens is 192 g/mol. The molecule has 0 aliphatic carbocycles. The van der Waals surface area contributed by atoms with Crippen LogP contribution in [0.5, 0.6) is 0 Å².